The molecule has 2 rings (SSSR count). The average Bonchev–Trinajstić information content (AvgIpc) is 2.46. The van der Waals surface area contributed by atoms with Crippen LogP contribution in [0, 0.1) is 20.2 Å². The first kappa shape index (κ1) is 15.6. The molecular weight excluding hydrogens is 312 g/mol. The number of hydrogen-bond donors (Lipinski definition) is 1. The van der Waals surface area contributed by atoms with Gasteiger partial charge in [0, 0.05) is 17.8 Å². The molecule has 1 heterocycles. The number of aromatic amines is 1. The zero-order valence-corrected chi connectivity index (χ0v) is 12.1. The fourth-order valence-corrected chi connectivity index (χ4v) is 2.56. The molecule has 0 aliphatic rings. The number of nitro groups is 2. The van der Waals surface area contributed by atoms with Crippen molar-refractivity contribution in [3.8, 4) is 0 Å². The Hall–Kier alpha value is -2.75. The van der Waals surface area contributed by atoms with Crippen molar-refractivity contribution in [1.82, 2.24) is 9.97 Å². The summed E-state index contributed by atoms with van der Waals surface area (Å²) in [6, 6.07) is 4.65. The molecule has 9 nitrogen and oxygen atoms in total. The van der Waals surface area contributed by atoms with Crippen molar-refractivity contribution in [3.05, 3.63) is 60.5 Å². The minimum Gasteiger partial charge on any atom is -0.301 e. The molecule has 0 saturated carbocycles. The molecule has 0 aliphatic carbocycles. The van der Waals surface area contributed by atoms with E-state index in [1.165, 1.54) is 12.1 Å². The summed E-state index contributed by atoms with van der Waals surface area (Å²) in [6.45, 7) is 1.82. The molecule has 0 fully saturated rings. The van der Waals surface area contributed by atoms with Gasteiger partial charge in [-0.3, -0.25) is 25.0 Å². The van der Waals surface area contributed by atoms with Gasteiger partial charge in [0.05, 0.1) is 20.8 Å². The van der Waals surface area contributed by atoms with Crippen molar-refractivity contribution in [2.24, 2.45) is 0 Å². The van der Waals surface area contributed by atoms with Crippen LogP contribution >= 0.6 is 11.8 Å². The van der Waals surface area contributed by atoms with Gasteiger partial charge in [0.2, 0.25) is 0 Å². The van der Waals surface area contributed by atoms with Crippen LogP contribution in [0.3, 0.4) is 0 Å². The van der Waals surface area contributed by atoms with E-state index in [1.54, 1.807) is 0 Å². The number of hydrogen-bond acceptors (Lipinski definition) is 7. The Morgan fingerprint density at radius 1 is 1.23 bits per heavy atom. The smallest absolute Gasteiger partial charge is 0.290 e. The Kier molecular flexibility index (Phi) is 4.51. The summed E-state index contributed by atoms with van der Waals surface area (Å²) in [4.78, 5) is 38.6. The van der Waals surface area contributed by atoms with Gasteiger partial charge in [-0.1, -0.05) is 6.92 Å². The largest absolute Gasteiger partial charge is 0.301 e. The monoisotopic (exact) mass is 322 g/mol. The van der Waals surface area contributed by atoms with Crippen LogP contribution in [0.5, 0.6) is 0 Å². The molecule has 0 aliphatic heterocycles. The fourth-order valence-electron chi connectivity index (χ4n) is 1.67. The molecule has 0 amide bonds. The maximum atomic E-state index is 11.5. The summed E-state index contributed by atoms with van der Waals surface area (Å²) in [5.41, 5.74) is -0.599. The molecule has 10 heteroatoms. The number of aryl methyl sites for hydroxylation is 1. The van der Waals surface area contributed by atoms with Gasteiger partial charge in [0.1, 0.15) is 0 Å². The van der Waals surface area contributed by atoms with Gasteiger partial charge in [-0.25, -0.2) is 4.98 Å². The van der Waals surface area contributed by atoms with Gasteiger partial charge in [-0.05, 0) is 24.2 Å². The number of nitro benzene ring substituents is 2. The normalized spacial score (nSPS) is 10.4. The van der Waals surface area contributed by atoms with Crippen molar-refractivity contribution >= 4 is 23.1 Å². The van der Waals surface area contributed by atoms with Gasteiger partial charge in [0.15, 0.2) is 5.16 Å². The lowest BCUT2D eigenvalue weighted by Gasteiger charge is -2.03. The zero-order valence-electron chi connectivity index (χ0n) is 11.3. The van der Waals surface area contributed by atoms with Crippen LogP contribution in [-0.2, 0) is 6.42 Å². The Bertz CT molecular complexity index is 804. The SMILES string of the molecule is CCc1cc(=O)[nH]c(Sc2ccc([N+](=O)[O-])cc2[N+](=O)[O-])n1. The summed E-state index contributed by atoms with van der Waals surface area (Å²) in [5, 5.41) is 21.9. The number of H-pyrrole nitrogens is 1. The van der Waals surface area contributed by atoms with Crippen molar-refractivity contribution in [2.45, 2.75) is 23.4 Å². The van der Waals surface area contributed by atoms with Gasteiger partial charge < -0.3 is 4.98 Å². The second-order valence-corrected chi connectivity index (χ2v) is 5.19. The number of nitrogens with zero attached hydrogens (tertiary/aromatic N) is 3. The third-order valence-electron chi connectivity index (χ3n) is 2.69. The van der Waals surface area contributed by atoms with Crippen LogP contribution in [0.15, 0.2) is 39.1 Å². The number of non-ortho nitro benzene ring substituents is 1. The molecule has 1 aromatic heterocycles. The first-order valence-corrected chi connectivity index (χ1v) is 6.93. The Morgan fingerprint density at radius 3 is 2.55 bits per heavy atom. The third-order valence-corrected chi connectivity index (χ3v) is 3.64. The highest BCUT2D eigenvalue weighted by Crippen LogP contribution is 2.35. The number of nitrogens with one attached hydrogen (secondary N) is 1. The van der Waals surface area contributed by atoms with Crippen LogP contribution in [0.4, 0.5) is 11.4 Å². The van der Waals surface area contributed by atoms with Crippen LogP contribution in [0.2, 0.25) is 0 Å². The summed E-state index contributed by atoms with van der Waals surface area (Å²) in [6.07, 6.45) is 0.542. The van der Waals surface area contributed by atoms with E-state index in [-0.39, 0.29) is 21.3 Å². The topological polar surface area (TPSA) is 132 Å². The van der Waals surface area contributed by atoms with E-state index in [0.29, 0.717) is 12.1 Å². The lowest BCUT2D eigenvalue weighted by Crippen LogP contribution is -2.09. The third kappa shape index (κ3) is 3.47. The highest BCUT2D eigenvalue weighted by Gasteiger charge is 2.21. The van der Waals surface area contributed by atoms with Crippen molar-refractivity contribution < 1.29 is 9.85 Å². The van der Waals surface area contributed by atoms with E-state index < -0.39 is 15.5 Å². The van der Waals surface area contributed by atoms with E-state index in [2.05, 4.69) is 9.97 Å². The lowest BCUT2D eigenvalue weighted by atomic mass is 10.3. The molecule has 1 aromatic carbocycles. The maximum absolute atomic E-state index is 11.5. The van der Waals surface area contributed by atoms with Gasteiger partial charge in [0.25, 0.3) is 16.9 Å². The van der Waals surface area contributed by atoms with E-state index in [1.807, 2.05) is 6.92 Å². The molecule has 1 N–H and O–H groups in total. The zero-order chi connectivity index (χ0) is 16.3. The molecule has 0 unspecified atom stereocenters. The van der Waals surface area contributed by atoms with E-state index >= 15 is 0 Å². The summed E-state index contributed by atoms with van der Waals surface area (Å²) < 4.78 is 0. The second kappa shape index (κ2) is 6.35. The molecule has 0 atom stereocenters. The minimum absolute atomic E-state index is 0.159. The van der Waals surface area contributed by atoms with Crippen LogP contribution in [0.1, 0.15) is 12.6 Å². The molecule has 0 spiro atoms. The van der Waals surface area contributed by atoms with Crippen molar-refractivity contribution in [1.29, 1.82) is 0 Å². The maximum Gasteiger partial charge on any atom is 0.290 e. The van der Waals surface area contributed by atoms with Crippen molar-refractivity contribution in [2.75, 3.05) is 0 Å². The summed E-state index contributed by atoms with van der Waals surface area (Å²) >= 11 is 0.876. The minimum atomic E-state index is -0.711. The van der Waals surface area contributed by atoms with Crippen molar-refractivity contribution in [3.63, 3.8) is 0 Å². The highest BCUT2D eigenvalue weighted by atomic mass is 32.2. The molecular formula is C12H10N4O5S. The van der Waals surface area contributed by atoms with Crippen LogP contribution in [0.25, 0.3) is 0 Å². The molecule has 0 bridgehead atoms. The molecule has 22 heavy (non-hydrogen) atoms. The fraction of sp³-hybridized carbons (Fsp3) is 0.167. The van der Waals surface area contributed by atoms with Crippen LogP contribution in [-0.4, -0.2) is 19.8 Å². The summed E-state index contributed by atoms with van der Waals surface area (Å²) in [5.74, 6) is 0. The first-order valence-electron chi connectivity index (χ1n) is 6.11. The van der Waals surface area contributed by atoms with E-state index in [9.17, 15) is 25.0 Å². The van der Waals surface area contributed by atoms with E-state index in [4.69, 9.17) is 0 Å². The Morgan fingerprint density at radius 2 is 1.95 bits per heavy atom. The molecule has 0 saturated heterocycles. The highest BCUT2D eigenvalue weighted by molar-refractivity contribution is 7.99. The predicted molar refractivity (Wildman–Crippen MR) is 78.1 cm³/mol. The molecule has 114 valence electrons. The van der Waals surface area contributed by atoms with Gasteiger partial charge >= 0.3 is 0 Å². The number of aromatic nitrogens is 2. The Labute approximate surface area is 127 Å². The quantitative estimate of drug-likeness (QED) is 0.507. The number of benzene rings is 1. The molecule has 2 aromatic rings. The first-order chi connectivity index (χ1) is 10.4. The Balaban J connectivity index is 2.45. The molecule has 0 radical (unpaired) electrons. The average molecular weight is 322 g/mol. The predicted octanol–water partition coefficient (Wildman–Crippen LogP) is 2.30. The standard InChI is InChI=1S/C12H10N4O5S/c1-2-7-5-11(17)14-12(13-7)22-10-4-3-8(15(18)19)6-9(10)16(20)21/h3-6H,2H2,1H3,(H,13,14,17). The second-order valence-electron chi connectivity index (χ2n) is 4.16. The summed E-state index contributed by atoms with van der Waals surface area (Å²) in [7, 11) is 0. The van der Waals surface area contributed by atoms with Gasteiger partial charge in [-0.15, -0.1) is 0 Å². The van der Waals surface area contributed by atoms with Gasteiger partial charge in [-0.2, -0.15) is 0 Å². The van der Waals surface area contributed by atoms with E-state index in [0.717, 1.165) is 23.9 Å². The number of rotatable bonds is 5. The lowest BCUT2D eigenvalue weighted by molar-refractivity contribution is -0.396. The van der Waals surface area contributed by atoms with Crippen LogP contribution < -0.4 is 5.56 Å².